The summed E-state index contributed by atoms with van der Waals surface area (Å²) in [6.45, 7) is 4.75. The van der Waals surface area contributed by atoms with Crippen molar-refractivity contribution in [2.24, 2.45) is 0 Å². The molecule has 3 heteroatoms. The van der Waals surface area contributed by atoms with Crippen LogP contribution < -0.4 is 4.90 Å². The molecule has 1 aromatic rings. The third kappa shape index (κ3) is 3.02. The SMILES string of the molecule is CCCCN1CCC[C@@H]1c1ccc(N(C)C)nc1. The average Bonchev–Trinajstić information content (AvgIpc) is 2.84. The molecular formula is C15H25N3. The van der Waals surface area contributed by atoms with Crippen molar-refractivity contribution in [3.63, 3.8) is 0 Å². The Balaban J connectivity index is 2.05. The first-order valence-electron chi connectivity index (χ1n) is 7.09. The molecule has 18 heavy (non-hydrogen) atoms. The fourth-order valence-electron chi connectivity index (χ4n) is 2.69. The van der Waals surface area contributed by atoms with Gasteiger partial charge < -0.3 is 4.90 Å². The normalized spacial score (nSPS) is 20.3. The van der Waals surface area contributed by atoms with E-state index in [1.165, 1.54) is 44.3 Å². The monoisotopic (exact) mass is 247 g/mol. The maximum absolute atomic E-state index is 4.54. The molecule has 1 aliphatic rings. The smallest absolute Gasteiger partial charge is 0.127 e. The van der Waals surface area contributed by atoms with Crippen LogP contribution in [0.5, 0.6) is 0 Å². The summed E-state index contributed by atoms with van der Waals surface area (Å²) in [4.78, 5) is 9.21. The van der Waals surface area contributed by atoms with Gasteiger partial charge in [-0.05, 0) is 44.0 Å². The fourth-order valence-corrected chi connectivity index (χ4v) is 2.69. The van der Waals surface area contributed by atoms with Crippen LogP contribution in [0.4, 0.5) is 5.82 Å². The summed E-state index contributed by atoms with van der Waals surface area (Å²) in [6.07, 6.45) is 7.25. The number of hydrogen-bond acceptors (Lipinski definition) is 3. The molecule has 1 saturated heterocycles. The number of hydrogen-bond donors (Lipinski definition) is 0. The van der Waals surface area contributed by atoms with Gasteiger partial charge >= 0.3 is 0 Å². The molecule has 3 nitrogen and oxygen atoms in total. The van der Waals surface area contributed by atoms with Gasteiger partial charge in [0.05, 0.1) is 0 Å². The molecule has 0 radical (unpaired) electrons. The highest BCUT2D eigenvalue weighted by atomic mass is 15.2. The molecule has 0 unspecified atom stereocenters. The van der Waals surface area contributed by atoms with E-state index in [2.05, 4.69) is 35.1 Å². The molecule has 100 valence electrons. The Labute approximate surface area is 111 Å². The van der Waals surface area contributed by atoms with Gasteiger partial charge in [0, 0.05) is 26.3 Å². The summed E-state index contributed by atoms with van der Waals surface area (Å²) in [6, 6.07) is 4.98. The van der Waals surface area contributed by atoms with Gasteiger partial charge in [0.15, 0.2) is 0 Å². The first-order valence-corrected chi connectivity index (χ1v) is 7.09. The quantitative estimate of drug-likeness (QED) is 0.797. The van der Waals surface area contributed by atoms with Crippen LogP contribution in [0.2, 0.25) is 0 Å². The summed E-state index contributed by atoms with van der Waals surface area (Å²) in [5.41, 5.74) is 1.38. The van der Waals surface area contributed by atoms with Crippen LogP contribution in [0.15, 0.2) is 18.3 Å². The number of anilines is 1. The molecule has 0 saturated carbocycles. The molecule has 0 bridgehead atoms. The molecule has 2 heterocycles. The van der Waals surface area contributed by atoms with Gasteiger partial charge in [-0.3, -0.25) is 4.90 Å². The molecule has 0 aliphatic carbocycles. The van der Waals surface area contributed by atoms with Crippen LogP contribution in [0.3, 0.4) is 0 Å². The Hall–Kier alpha value is -1.09. The molecule has 1 aliphatic heterocycles. The number of unbranched alkanes of at least 4 members (excludes halogenated alkanes) is 1. The Bertz CT molecular complexity index is 359. The van der Waals surface area contributed by atoms with E-state index in [4.69, 9.17) is 0 Å². The largest absolute Gasteiger partial charge is 0.363 e. The zero-order chi connectivity index (χ0) is 13.0. The second-order valence-electron chi connectivity index (χ2n) is 5.39. The highest BCUT2D eigenvalue weighted by Gasteiger charge is 2.25. The number of pyridine rings is 1. The highest BCUT2D eigenvalue weighted by Crippen LogP contribution is 2.32. The van der Waals surface area contributed by atoms with Crippen LogP contribution in [-0.2, 0) is 0 Å². The molecule has 1 fully saturated rings. The van der Waals surface area contributed by atoms with Gasteiger partial charge in [-0.2, -0.15) is 0 Å². The molecular weight excluding hydrogens is 222 g/mol. The standard InChI is InChI=1S/C15H25N3/c1-4-5-10-18-11-6-7-14(18)13-8-9-15(16-12-13)17(2)3/h8-9,12,14H,4-7,10-11H2,1-3H3/t14-/m1/s1. The predicted octanol–water partition coefficient (Wildman–Crippen LogP) is 3.08. The van der Waals surface area contributed by atoms with Crippen molar-refractivity contribution in [2.75, 3.05) is 32.1 Å². The van der Waals surface area contributed by atoms with Gasteiger partial charge in [0.25, 0.3) is 0 Å². The number of likely N-dealkylation sites (tertiary alicyclic amines) is 1. The lowest BCUT2D eigenvalue weighted by atomic mass is 10.1. The van der Waals surface area contributed by atoms with Crippen LogP contribution in [0.25, 0.3) is 0 Å². The third-order valence-electron chi connectivity index (χ3n) is 3.78. The lowest BCUT2D eigenvalue weighted by Gasteiger charge is -2.24. The number of aromatic nitrogens is 1. The van der Waals surface area contributed by atoms with Crippen molar-refractivity contribution >= 4 is 5.82 Å². The van der Waals surface area contributed by atoms with Gasteiger partial charge in [0.1, 0.15) is 5.82 Å². The molecule has 0 amide bonds. The van der Waals surface area contributed by atoms with Gasteiger partial charge in [-0.15, -0.1) is 0 Å². The maximum atomic E-state index is 4.54. The van der Waals surface area contributed by atoms with Gasteiger partial charge in [-0.1, -0.05) is 19.4 Å². The lowest BCUT2D eigenvalue weighted by Crippen LogP contribution is -2.24. The molecule has 0 N–H and O–H groups in total. The second-order valence-corrected chi connectivity index (χ2v) is 5.39. The minimum absolute atomic E-state index is 0.597. The third-order valence-corrected chi connectivity index (χ3v) is 3.78. The average molecular weight is 247 g/mol. The highest BCUT2D eigenvalue weighted by molar-refractivity contribution is 5.37. The van der Waals surface area contributed by atoms with Gasteiger partial charge in [-0.25, -0.2) is 4.98 Å². The van der Waals surface area contributed by atoms with E-state index in [-0.39, 0.29) is 0 Å². The summed E-state index contributed by atoms with van der Waals surface area (Å²) in [5, 5.41) is 0. The summed E-state index contributed by atoms with van der Waals surface area (Å²) >= 11 is 0. The van der Waals surface area contributed by atoms with E-state index in [9.17, 15) is 0 Å². The topological polar surface area (TPSA) is 19.4 Å². The van der Waals surface area contributed by atoms with E-state index in [1.807, 2.05) is 19.0 Å². The molecule has 0 aromatic carbocycles. The Kier molecular flexibility index (Phi) is 4.59. The summed E-state index contributed by atoms with van der Waals surface area (Å²) in [7, 11) is 4.07. The Morgan fingerprint density at radius 3 is 2.83 bits per heavy atom. The van der Waals surface area contributed by atoms with Crippen LogP contribution in [0.1, 0.15) is 44.2 Å². The van der Waals surface area contributed by atoms with Crippen molar-refractivity contribution in [1.82, 2.24) is 9.88 Å². The predicted molar refractivity (Wildman–Crippen MR) is 77.0 cm³/mol. The molecule has 1 aromatic heterocycles. The van der Waals surface area contributed by atoms with E-state index in [0.717, 1.165) is 5.82 Å². The molecule has 0 spiro atoms. The maximum Gasteiger partial charge on any atom is 0.127 e. The second kappa shape index (κ2) is 6.19. The minimum Gasteiger partial charge on any atom is -0.363 e. The first-order chi connectivity index (χ1) is 8.72. The number of nitrogens with zero attached hydrogens (tertiary/aromatic N) is 3. The Morgan fingerprint density at radius 1 is 1.39 bits per heavy atom. The van der Waals surface area contributed by atoms with E-state index >= 15 is 0 Å². The van der Waals surface area contributed by atoms with Crippen LogP contribution >= 0.6 is 0 Å². The molecule has 1 atom stereocenters. The lowest BCUT2D eigenvalue weighted by molar-refractivity contribution is 0.253. The van der Waals surface area contributed by atoms with Crippen molar-refractivity contribution in [3.05, 3.63) is 23.9 Å². The zero-order valence-electron chi connectivity index (χ0n) is 11.9. The zero-order valence-corrected chi connectivity index (χ0v) is 11.9. The van der Waals surface area contributed by atoms with Crippen molar-refractivity contribution < 1.29 is 0 Å². The Morgan fingerprint density at radius 2 is 2.22 bits per heavy atom. The van der Waals surface area contributed by atoms with E-state index in [1.54, 1.807) is 0 Å². The number of rotatable bonds is 5. The molecule has 2 rings (SSSR count). The van der Waals surface area contributed by atoms with Gasteiger partial charge in [0.2, 0.25) is 0 Å². The van der Waals surface area contributed by atoms with Crippen LogP contribution in [0, 0.1) is 0 Å². The van der Waals surface area contributed by atoms with Crippen molar-refractivity contribution in [2.45, 2.75) is 38.6 Å². The van der Waals surface area contributed by atoms with E-state index < -0.39 is 0 Å². The summed E-state index contributed by atoms with van der Waals surface area (Å²) < 4.78 is 0. The summed E-state index contributed by atoms with van der Waals surface area (Å²) in [5.74, 6) is 1.04. The van der Waals surface area contributed by atoms with Crippen LogP contribution in [-0.4, -0.2) is 37.1 Å². The minimum atomic E-state index is 0.597. The first kappa shape index (κ1) is 13.3. The van der Waals surface area contributed by atoms with Crippen molar-refractivity contribution in [1.29, 1.82) is 0 Å². The van der Waals surface area contributed by atoms with E-state index in [0.29, 0.717) is 6.04 Å². The van der Waals surface area contributed by atoms with Crippen molar-refractivity contribution in [3.8, 4) is 0 Å². The fraction of sp³-hybridized carbons (Fsp3) is 0.667.